The molecule has 2 aliphatic heterocycles. The number of dihydropyridines is 1. The average Bonchev–Trinajstić information content (AvgIpc) is 2.70. The number of hydrogen-bond acceptors (Lipinski definition) is 8. The number of aromatic nitrogens is 2. The largest absolute Gasteiger partial charge is 0.506 e. The van der Waals surface area contributed by atoms with Gasteiger partial charge in [-0.05, 0) is 6.08 Å². The molecule has 2 amide bonds. The van der Waals surface area contributed by atoms with Gasteiger partial charge in [-0.1, -0.05) is 0 Å². The van der Waals surface area contributed by atoms with E-state index >= 15 is 0 Å². The summed E-state index contributed by atoms with van der Waals surface area (Å²) in [5, 5.41) is 24.3. The topological polar surface area (TPSA) is 154 Å². The number of aliphatic carboxylic acids is 1. The van der Waals surface area contributed by atoms with Crippen LogP contribution in [-0.4, -0.2) is 69.7 Å². The number of rotatable bonds is 5. The Balaban J connectivity index is 2.00. The fraction of sp³-hybridized carbons (Fsp3) is 0.235. The molecule has 1 aromatic heterocycles. The molecule has 4 N–H and O–H groups in total. The van der Waals surface area contributed by atoms with E-state index in [0.29, 0.717) is 17.3 Å². The highest BCUT2D eigenvalue weighted by atomic mass is 16.5. The first-order valence-corrected chi connectivity index (χ1v) is 8.09. The zero-order chi connectivity index (χ0) is 20.4. The van der Waals surface area contributed by atoms with Crippen LogP contribution in [0.5, 0.6) is 5.88 Å². The lowest BCUT2D eigenvalue weighted by Crippen LogP contribution is -2.53. The van der Waals surface area contributed by atoms with Crippen LogP contribution < -0.4 is 15.4 Å². The summed E-state index contributed by atoms with van der Waals surface area (Å²) < 4.78 is 5.07. The van der Waals surface area contributed by atoms with Crippen molar-refractivity contribution in [2.24, 2.45) is 0 Å². The minimum absolute atomic E-state index is 0.242. The summed E-state index contributed by atoms with van der Waals surface area (Å²) in [5.41, 5.74) is 0.192. The molecular weight excluding hydrogens is 370 g/mol. The first-order chi connectivity index (χ1) is 13.3. The van der Waals surface area contributed by atoms with Crippen molar-refractivity contribution < 1.29 is 29.3 Å². The highest BCUT2D eigenvalue weighted by molar-refractivity contribution is 6.20. The Labute approximate surface area is 159 Å². The molecule has 1 unspecified atom stereocenters. The number of methoxy groups -OCH3 is 1. The SMILES string of the molecule is COc1ccnc(C2=CNC3C(=C2)C(O)=C(C(=O)NCC(=O)O)C(=O)N3C)n1. The molecule has 28 heavy (non-hydrogen) atoms. The minimum Gasteiger partial charge on any atom is -0.506 e. The molecule has 0 saturated heterocycles. The van der Waals surface area contributed by atoms with Crippen LogP contribution >= 0.6 is 0 Å². The molecule has 11 heteroatoms. The van der Waals surface area contributed by atoms with Crippen molar-refractivity contribution in [3.8, 4) is 5.88 Å². The maximum Gasteiger partial charge on any atom is 0.322 e. The standard InChI is InChI=1S/C17H17N5O6/c1-22-15-9(13(25)12(17(22)27)16(26)20-7-11(23)24)5-8(6-19-15)14-18-4-3-10(21-14)28-2/h3-6,15,19,25H,7H2,1-2H3,(H,20,26)(H,23,24). The van der Waals surface area contributed by atoms with Crippen molar-refractivity contribution in [3.63, 3.8) is 0 Å². The van der Waals surface area contributed by atoms with Gasteiger partial charge in [-0.15, -0.1) is 0 Å². The van der Waals surface area contributed by atoms with Crippen molar-refractivity contribution in [1.29, 1.82) is 0 Å². The number of carbonyl (C=O) groups is 3. The summed E-state index contributed by atoms with van der Waals surface area (Å²) in [6.45, 7) is -0.684. The van der Waals surface area contributed by atoms with Gasteiger partial charge >= 0.3 is 5.97 Å². The molecule has 0 saturated carbocycles. The second kappa shape index (κ2) is 7.39. The second-order valence-electron chi connectivity index (χ2n) is 5.91. The molecule has 0 fully saturated rings. The van der Waals surface area contributed by atoms with E-state index < -0.39 is 41.8 Å². The Kier molecular flexibility index (Phi) is 4.98. The first-order valence-electron chi connectivity index (χ1n) is 8.09. The maximum absolute atomic E-state index is 12.5. The number of amides is 2. The van der Waals surface area contributed by atoms with Crippen molar-refractivity contribution in [1.82, 2.24) is 25.5 Å². The Morgan fingerprint density at radius 2 is 2.18 bits per heavy atom. The Morgan fingerprint density at radius 1 is 1.43 bits per heavy atom. The molecule has 2 aliphatic rings. The molecule has 11 nitrogen and oxygen atoms in total. The summed E-state index contributed by atoms with van der Waals surface area (Å²) in [6.07, 6.45) is 3.91. The summed E-state index contributed by atoms with van der Waals surface area (Å²) in [7, 11) is 2.91. The number of carbonyl (C=O) groups excluding carboxylic acids is 2. The normalized spacial score (nSPS) is 18.6. The lowest BCUT2D eigenvalue weighted by molar-refractivity contribution is -0.138. The van der Waals surface area contributed by atoms with Gasteiger partial charge in [0.1, 0.15) is 24.0 Å². The molecular formula is C17H17N5O6. The molecule has 1 atom stereocenters. The van der Waals surface area contributed by atoms with Crippen LogP contribution in [0.4, 0.5) is 0 Å². The summed E-state index contributed by atoms with van der Waals surface area (Å²) in [5.74, 6) is -2.90. The second-order valence-corrected chi connectivity index (χ2v) is 5.91. The van der Waals surface area contributed by atoms with Crippen LogP contribution in [-0.2, 0) is 14.4 Å². The number of hydrogen-bond donors (Lipinski definition) is 4. The van der Waals surface area contributed by atoms with Gasteiger partial charge in [0.15, 0.2) is 5.82 Å². The van der Waals surface area contributed by atoms with Gasteiger partial charge < -0.3 is 30.5 Å². The third kappa shape index (κ3) is 3.37. The van der Waals surface area contributed by atoms with Crippen LogP contribution in [0.25, 0.3) is 5.57 Å². The van der Waals surface area contributed by atoms with Gasteiger partial charge in [0, 0.05) is 36.7 Å². The predicted octanol–water partition coefficient (Wildman–Crippen LogP) is -0.833. The van der Waals surface area contributed by atoms with Gasteiger partial charge in [0.2, 0.25) is 5.88 Å². The zero-order valence-corrected chi connectivity index (χ0v) is 15.0. The number of aliphatic hydroxyl groups is 1. The molecule has 0 aromatic carbocycles. The molecule has 0 aliphatic carbocycles. The number of likely N-dealkylation sites (N-methyl/N-ethyl adjacent to an activating group) is 1. The van der Waals surface area contributed by atoms with Crippen molar-refractivity contribution in [3.05, 3.63) is 47.3 Å². The highest BCUT2D eigenvalue weighted by Crippen LogP contribution is 2.31. The van der Waals surface area contributed by atoms with Gasteiger partial charge in [0.05, 0.1) is 7.11 Å². The van der Waals surface area contributed by atoms with E-state index in [1.54, 1.807) is 18.3 Å². The van der Waals surface area contributed by atoms with Crippen LogP contribution in [0.1, 0.15) is 5.82 Å². The van der Waals surface area contributed by atoms with E-state index in [1.165, 1.54) is 25.3 Å². The van der Waals surface area contributed by atoms with Crippen molar-refractivity contribution >= 4 is 23.4 Å². The van der Waals surface area contributed by atoms with E-state index in [4.69, 9.17) is 9.84 Å². The number of allylic oxidation sites excluding steroid dienone is 2. The van der Waals surface area contributed by atoms with Crippen LogP contribution in [0.15, 0.2) is 41.4 Å². The number of carboxylic acids is 1. The number of aliphatic hydroxyl groups excluding tert-OH is 1. The Bertz CT molecular complexity index is 951. The van der Waals surface area contributed by atoms with E-state index in [1.807, 2.05) is 0 Å². The van der Waals surface area contributed by atoms with Crippen LogP contribution in [0.2, 0.25) is 0 Å². The predicted molar refractivity (Wildman–Crippen MR) is 94.6 cm³/mol. The lowest BCUT2D eigenvalue weighted by Gasteiger charge is -2.37. The highest BCUT2D eigenvalue weighted by Gasteiger charge is 2.40. The third-order valence-electron chi connectivity index (χ3n) is 4.16. The monoisotopic (exact) mass is 387 g/mol. The number of carboxylic acid groups (broad SMARTS) is 1. The van der Waals surface area contributed by atoms with Crippen molar-refractivity contribution in [2.75, 3.05) is 20.7 Å². The number of ether oxygens (including phenoxy) is 1. The molecule has 146 valence electrons. The fourth-order valence-corrected chi connectivity index (χ4v) is 2.78. The van der Waals surface area contributed by atoms with E-state index in [9.17, 15) is 19.5 Å². The summed E-state index contributed by atoms with van der Waals surface area (Å²) in [4.78, 5) is 44.9. The summed E-state index contributed by atoms with van der Waals surface area (Å²) in [6, 6.07) is 1.57. The number of nitrogens with zero attached hydrogens (tertiary/aromatic N) is 3. The molecule has 1 aromatic rings. The third-order valence-corrected chi connectivity index (χ3v) is 4.16. The van der Waals surface area contributed by atoms with Crippen molar-refractivity contribution in [2.45, 2.75) is 6.17 Å². The smallest absolute Gasteiger partial charge is 0.322 e. The zero-order valence-electron chi connectivity index (χ0n) is 15.0. The molecule has 0 spiro atoms. The van der Waals surface area contributed by atoms with E-state index in [-0.39, 0.29) is 5.57 Å². The Hall–Kier alpha value is -3.89. The number of fused-ring (bicyclic) bond motifs is 1. The van der Waals surface area contributed by atoms with E-state index in [2.05, 4.69) is 20.6 Å². The molecule has 0 radical (unpaired) electrons. The lowest BCUT2D eigenvalue weighted by atomic mass is 9.94. The molecule has 3 rings (SSSR count). The minimum atomic E-state index is -1.28. The molecule has 3 heterocycles. The quantitative estimate of drug-likeness (QED) is 0.474. The van der Waals surface area contributed by atoms with Crippen LogP contribution in [0, 0.1) is 0 Å². The van der Waals surface area contributed by atoms with Gasteiger partial charge in [-0.3, -0.25) is 14.4 Å². The van der Waals surface area contributed by atoms with Gasteiger partial charge in [-0.2, -0.15) is 4.98 Å². The average molecular weight is 387 g/mol. The summed E-state index contributed by atoms with van der Waals surface area (Å²) >= 11 is 0. The van der Waals surface area contributed by atoms with Gasteiger partial charge in [-0.25, -0.2) is 4.98 Å². The number of nitrogens with one attached hydrogen (secondary N) is 2. The Morgan fingerprint density at radius 3 is 2.86 bits per heavy atom. The molecule has 0 bridgehead atoms. The van der Waals surface area contributed by atoms with Gasteiger partial charge in [0.25, 0.3) is 11.8 Å². The first kappa shape index (κ1) is 18.9. The van der Waals surface area contributed by atoms with E-state index in [0.717, 1.165) is 0 Å². The van der Waals surface area contributed by atoms with Crippen LogP contribution in [0.3, 0.4) is 0 Å². The fourth-order valence-electron chi connectivity index (χ4n) is 2.78. The maximum atomic E-state index is 12.5.